The molecule has 6 nitrogen and oxygen atoms in total. The van der Waals surface area contributed by atoms with Crippen LogP contribution in [0, 0.1) is 29.1 Å². The zero-order chi connectivity index (χ0) is 21.9. The average Bonchev–Trinajstić information content (AvgIpc) is 2.66. The van der Waals surface area contributed by atoms with Crippen molar-refractivity contribution in [2.75, 3.05) is 0 Å². The Morgan fingerprint density at radius 1 is 1.28 bits per heavy atom. The lowest BCUT2D eigenvalue weighted by Crippen LogP contribution is -2.60. The maximum atomic E-state index is 13.2. The summed E-state index contributed by atoms with van der Waals surface area (Å²) in [4.78, 5) is 26.2. The molecule has 2 aliphatic rings. The topological polar surface area (TPSA) is 115 Å². The lowest BCUT2D eigenvalue weighted by atomic mass is 9.50. The Labute approximate surface area is 173 Å². The van der Waals surface area contributed by atoms with Crippen molar-refractivity contribution in [2.45, 2.75) is 78.4 Å². The monoisotopic (exact) mass is 408 g/mol. The number of aliphatic hydroxyl groups is 4. The first-order chi connectivity index (χ1) is 13.6. The van der Waals surface area contributed by atoms with Gasteiger partial charge in [-0.2, -0.15) is 0 Å². The minimum Gasteiger partial charge on any atom is -0.515 e. The molecule has 164 valence electrons. The van der Waals surface area contributed by atoms with E-state index in [9.17, 15) is 30.0 Å². The highest BCUT2D eigenvalue weighted by Gasteiger charge is 2.61. The van der Waals surface area contributed by atoms with Gasteiger partial charge in [0.25, 0.3) is 0 Å². The van der Waals surface area contributed by atoms with E-state index in [1.807, 2.05) is 6.92 Å². The van der Waals surface area contributed by atoms with Crippen LogP contribution in [-0.2, 0) is 9.59 Å². The minimum absolute atomic E-state index is 0.249. The van der Waals surface area contributed by atoms with E-state index in [0.29, 0.717) is 18.3 Å². The van der Waals surface area contributed by atoms with Crippen LogP contribution < -0.4 is 0 Å². The van der Waals surface area contributed by atoms with Crippen LogP contribution >= 0.6 is 0 Å². The molecule has 0 aliphatic heterocycles. The van der Waals surface area contributed by atoms with Gasteiger partial charge in [-0.3, -0.25) is 9.59 Å². The van der Waals surface area contributed by atoms with Gasteiger partial charge < -0.3 is 20.4 Å². The molecule has 6 heteroatoms. The van der Waals surface area contributed by atoms with Crippen LogP contribution in [0.25, 0.3) is 0 Å². The van der Waals surface area contributed by atoms with Crippen molar-refractivity contribution in [3.63, 3.8) is 0 Å². The van der Waals surface area contributed by atoms with Gasteiger partial charge in [0.15, 0.2) is 11.5 Å². The van der Waals surface area contributed by atoms with E-state index in [2.05, 4.69) is 6.92 Å². The minimum atomic E-state index is -1.38. The van der Waals surface area contributed by atoms with Gasteiger partial charge in [0.1, 0.15) is 0 Å². The van der Waals surface area contributed by atoms with Gasteiger partial charge in [-0.25, -0.2) is 0 Å². The van der Waals surface area contributed by atoms with Crippen LogP contribution in [0.4, 0.5) is 0 Å². The number of carbonyl (C=O) groups is 2. The third-order valence-electron chi connectivity index (χ3n) is 7.10. The third kappa shape index (κ3) is 4.15. The molecule has 2 rings (SSSR count). The summed E-state index contributed by atoms with van der Waals surface area (Å²) in [7, 11) is 0. The summed E-state index contributed by atoms with van der Waals surface area (Å²) < 4.78 is 0. The predicted octanol–water partition coefficient (Wildman–Crippen LogP) is 3.63. The lowest BCUT2D eigenvalue weighted by molar-refractivity contribution is -0.159. The van der Waals surface area contributed by atoms with E-state index >= 15 is 0 Å². The molecule has 0 aromatic rings. The van der Waals surface area contributed by atoms with Crippen LogP contribution in [0.1, 0.15) is 66.2 Å². The van der Waals surface area contributed by atoms with Crippen molar-refractivity contribution in [3.8, 4) is 0 Å². The molecule has 0 aromatic carbocycles. The summed E-state index contributed by atoms with van der Waals surface area (Å²) in [5.74, 6) is -4.02. The van der Waals surface area contributed by atoms with E-state index in [4.69, 9.17) is 0 Å². The largest absolute Gasteiger partial charge is 0.515 e. The highest BCUT2D eigenvalue weighted by Crippen LogP contribution is 2.55. The zero-order valence-electron chi connectivity index (χ0n) is 18.0. The number of aliphatic hydroxyl groups excluding tert-OH is 4. The Morgan fingerprint density at radius 3 is 2.52 bits per heavy atom. The molecule has 0 amide bonds. The van der Waals surface area contributed by atoms with Crippen LogP contribution in [0.3, 0.4) is 0 Å². The molecule has 1 saturated carbocycles. The Bertz CT molecular complexity index is 681. The fourth-order valence-electron chi connectivity index (χ4n) is 5.56. The molecule has 0 bridgehead atoms. The van der Waals surface area contributed by atoms with Gasteiger partial charge in [-0.15, -0.1) is 0 Å². The molecule has 0 unspecified atom stereocenters. The average molecular weight is 409 g/mol. The molecule has 0 heterocycles. The van der Waals surface area contributed by atoms with Gasteiger partial charge in [-0.1, -0.05) is 46.5 Å². The fourth-order valence-corrected chi connectivity index (χ4v) is 5.56. The van der Waals surface area contributed by atoms with Gasteiger partial charge in [-0.05, 0) is 37.2 Å². The molecule has 4 N–H and O–H groups in total. The molecule has 7 atom stereocenters. The second kappa shape index (κ2) is 9.43. The first-order valence-corrected chi connectivity index (χ1v) is 10.8. The molecule has 0 spiro atoms. The summed E-state index contributed by atoms with van der Waals surface area (Å²) in [5.41, 5.74) is -1.06. The van der Waals surface area contributed by atoms with E-state index in [0.717, 1.165) is 31.8 Å². The SMILES string of the molecule is CCCCCC[C@@H](C)C1=C(O)C(=O)[C@H]2[C@@H](O)[C@@H](C)C[C@@H](O)[C@@H]2[C@@]1(C)C(=O)/C=C\O. The number of rotatable bonds is 8. The molecule has 29 heavy (non-hydrogen) atoms. The summed E-state index contributed by atoms with van der Waals surface area (Å²) in [5, 5.41) is 41.7. The fraction of sp³-hybridized carbons (Fsp3) is 0.739. The van der Waals surface area contributed by atoms with Gasteiger partial charge in [0.05, 0.1) is 29.8 Å². The summed E-state index contributed by atoms with van der Waals surface area (Å²) >= 11 is 0. The zero-order valence-corrected chi connectivity index (χ0v) is 18.0. The molecule has 2 aliphatic carbocycles. The predicted molar refractivity (Wildman–Crippen MR) is 110 cm³/mol. The van der Waals surface area contributed by atoms with Crippen molar-refractivity contribution in [1.82, 2.24) is 0 Å². The number of allylic oxidation sites excluding steroid dienone is 3. The molecule has 1 fully saturated rings. The number of fused-ring (bicyclic) bond motifs is 1. The highest BCUT2D eigenvalue weighted by molar-refractivity contribution is 6.04. The normalized spacial score (nSPS) is 36.3. The number of Topliss-reactive ketones (excluding diaryl/α,β-unsaturated/α-hetero) is 1. The van der Waals surface area contributed by atoms with Gasteiger partial charge in [0.2, 0.25) is 5.78 Å². The summed E-state index contributed by atoms with van der Waals surface area (Å²) in [6, 6.07) is 0. The first kappa shape index (κ1) is 23.6. The third-order valence-corrected chi connectivity index (χ3v) is 7.10. The molecule has 0 saturated heterocycles. The second-order valence-corrected chi connectivity index (χ2v) is 9.08. The number of carbonyl (C=O) groups excluding carboxylic acids is 2. The number of hydrogen-bond acceptors (Lipinski definition) is 6. The van der Waals surface area contributed by atoms with Crippen molar-refractivity contribution >= 4 is 11.6 Å². The van der Waals surface area contributed by atoms with E-state index in [-0.39, 0.29) is 18.3 Å². The van der Waals surface area contributed by atoms with E-state index < -0.39 is 46.8 Å². The van der Waals surface area contributed by atoms with Crippen LogP contribution in [0.15, 0.2) is 23.7 Å². The maximum Gasteiger partial charge on any atom is 0.203 e. The lowest BCUT2D eigenvalue weighted by Gasteiger charge is -2.53. The Kier molecular flexibility index (Phi) is 7.68. The maximum absolute atomic E-state index is 13.2. The van der Waals surface area contributed by atoms with Crippen LogP contribution in [0.5, 0.6) is 0 Å². The summed E-state index contributed by atoms with van der Waals surface area (Å²) in [6.45, 7) is 7.37. The standard InChI is InChI=1S/C23H36O6/c1-5-6-7-8-9-13(2)18-22(29)21(28)17-19(15(25)12-14(3)20(17)27)23(18,4)16(26)10-11-24/h10-11,13-15,17,19-20,24-25,27,29H,5-9,12H2,1-4H3/b11-10-/t13-,14+,15-,17-,19+,20+,23+/m1/s1. The number of ketones is 2. The highest BCUT2D eigenvalue weighted by atomic mass is 16.3. The van der Waals surface area contributed by atoms with Crippen LogP contribution in [-0.4, -0.2) is 44.2 Å². The van der Waals surface area contributed by atoms with Crippen LogP contribution in [0.2, 0.25) is 0 Å². The smallest absolute Gasteiger partial charge is 0.203 e. The van der Waals surface area contributed by atoms with Crippen molar-refractivity contribution in [3.05, 3.63) is 23.7 Å². The van der Waals surface area contributed by atoms with Gasteiger partial charge >= 0.3 is 0 Å². The number of hydrogen-bond donors (Lipinski definition) is 4. The van der Waals surface area contributed by atoms with Gasteiger partial charge in [0, 0.05) is 12.0 Å². The van der Waals surface area contributed by atoms with Crippen molar-refractivity contribution in [1.29, 1.82) is 0 Å². The van der Waals surface area contributed by atoms with Crippen molar-refractivity contribution < 1.29 is 30.0 Å². The number of unbranched alkanes of at least 4 members (excludes halogenated alkanes) is 3. The molecular weight excluding hydrogens is 372 g/mol. The first-order valence-electron chi connectivity index (χ1n) is 10.8. The Morgan fingerprint density at radius 2 is 1.93 bits per heavy atom. The Hall–Kier alpha value is -1.66. The van der Waals surface area contributed by atoms with Crippen molar-refractivity contribution in [2.24, 2.45) is 29.1 Å². The Balaban J connectivity index is 2.57. The quantitative estimate of drug-likeness (QED) is 0.277. The van der Waals surface area contributed by atoms with E-state index in [1.54, 1.807) is 13.8 Å². The second-order valence-electron chi connectivity index (χ2n) is 9.08. The molecule has 0 aromatic heterocycles. The molecular formula is C23H36O6. The summed E-state index contributed by atoms with van der Waals surface area (Å²) in [6.07, 6.45) is 4.70. The molecule has 0 radical (unpaired) electrons. The van der Waals surface area contributed by atoms with E-state index in [1.165, 1.54) is 0 Å².